The van der Waals surface area contributed by atoms with Crippen molar-refractivity contribution in [3.05, 3.63) is 11.6 Å². The molecule has 1 fully saturated rings. The van der Waals surface area contributed by atoms with Gasteiger partial charge in [0.2, 0.25) is 0 Å². The summed E-state index contributed by atoms with van der Waals surface area (Å²) >= 11 is 0. The molecule has 1 N–H and O–H groups in total. The van der Waals surface area contributed by atoms with Crippen molar-refractivity contribution in [1.82, 2.24) is 20.1 Å². The lowest BCUT2D eigenvalue weighted by Gasteiger charge is -2.36. The second-order valence-electron chi connectivity index (χ2n) is 7.78. The van der Waals surface area contributed by atoms with Crippen LogP contribution in [0.2, 0.25) is 0 Å². The van der Waals surface area contributed by atoms with Crippen LogP contribution in [0.5, 0.6) is 0 Å². The molecule has 0 saturated heterocycles. The zero-order valence-corrected chi connectivity index (χ0v) is 13.9. The summed E-state index contributed by atoms with van der Waals surface area (Å²) in [6.07, 6.45) is 10.2. The van der Waals surface area contributed by atoms with Crippen LogP contribution in [-0.2, 0) is 13.0 Å². The van der Waals surface area contributed by atoms with Crippen molar-refractivity contribution in [2.75, 3.05) is 0 Å². The third kappa shape index (κ3) is 3.47. The van der Waals surface area contributed by atoms with Crippen LogP contribution in [0.4, 0.5) is 0 Å². The Morgan fingerprint density at radius 2 is 2.05 bits per heavy atom. The third-order valence-electron chi connectivity index (χ3n) is 5.22. The molecule has 1 aromatic rings. The minimum atomic E-state index is 0.309. The number of hydrogen-bond donors (Lipinski definition) is 1. The summed E-state index contributed by atoms with van der Waals surface area (Å²) in [7, 11) is 0. The van der Waals surface area contributed by atoms with Gasteiger partial charge in [-0.3, -0.25) is 0 Å². The molecule has 4 nitrogen and oxygen atoms in total. The molecule has 2 unspecified atom stereocenters. The number of nitrogens with zero attached hydrogens (tertiary/aromatic N) is 3. The van der Waals surface area contributed by atoms with E-state index in [1.165, 1.54) is 50.8 Å². The number of nitrogens with one attached hydrogen (secondary N) is 1. The molecule has 0 spiro atoms. The van der Waals surface area contributed by atoms with Gasteiger partial charge in [0.05, 0.1) is 6.04 Å². The molecule has 4 heteroatoms. The van der Waals surface area contributed by atoms with Gasteiger partial charge in [-0.15, -0.1) is 10.2 Å². The van der Waals surface area contributed by atoms with E-state index in [1.54, 1.807) is 0 Å². The average molecular weight is 290 g/mol. The van der Waals surface area contributed by atoms with Gasteiger partial charge in [0.25, 0.3) is 0 Å². The fourth-order valence-electron chi connectivity index (χ4n) is 4.10. The predicted molar refractivity (Wildman–Crippen MR) is 85.2 cm³/mol. The van der Waals surface area contributed by atoms with Crippen LogP contribution in [0.25, 0.3) is 0 Å². The summed E-state index contributed by atoms with van der Waals surface area (Å²) in [5, 5.41) is 12.7. The van der Waals surface area contributed by atoms with Crippen LogP contribution in [0.15, 0.2) is 0 Å². The Morgan fingerprint density at radius 1 is 1.19 bits per heavy atom. The smallest absolute Gasteiger partial charge is 0.149 e. The second kappa shape index (κ2) is 6.07. The van der Waals surface area contributed by atoms with Gasteiger partial charge >= 0.3 is 0 Å². The Labute approximate surface area is 128 Å². The predicted octanol–water partition coefficient (Wildman–Crippen LogP) is 3.62. The Morgan fingerprint density at radius 3 is 2.86 bits per heavy atom. The summed E-state index contributed by atoms with van der Waals surface area (Å²) in [6.45, 7) is 8.15. The summed E-state index contributed by atoms with van der Waals surface area (Å²) in [5.41, 5.74) is 0.484. The van der Waals surface area contributed by atoms with E-state index in [1.807, 2.05) is 0 Å². The third-order valence-corrected chi connectivity index (χ3v) is 5.22. The molecule has 1 aliphatic heterocycles. The van der Waals surface area contributed by atoms with Gasteiger partial charge in [0.15, 0.2) is 0 Å². The lowest BCUT2D eigenvalue weighted by Crippen LogP contribution is -2.39. The molecule has 3 rings (SSSR count). The first-order chi connectivity index (χ1) is 10.1. The van der Waals surface area contributed by atoms with E-state index in [0.29, 0.717) is 17.5 Å². The maximum Gasteiger partial charge on any atom is 0.149 e. The van der Waals surface area contributed by atoms with Crippen molar-refractivity contribution in [3.63, 3.8) is 0 Å². The van der Waals surface area contributed by atoms with Crippen molar-refractivity contribution in [1.29, 1.82) is 0 Å². The summed E-state index contributed by atoms with van der Waals surface area (Å²) in [4.78, 5) is 0. The molecule has 118 valence electrons. The molecule has 1 saturated carbocycles. The fraction of sp³-hybridized carbons (Fsp3) is 0.882. The zero-order valence-electron chi connectivity index (χ0n) is 13.9. The number of fused-ring (bicyclic) bond motifs is 1. The molecule has 2 aliphatic rings. The van der Waals surface area contributed by atoms with Crippen LogP contribution in [0.3, 0.4) is 0 Å². The molecule has 1 aromatic heterocycles. The Kier molecular flexibility index (Phi) is 4.34. The van der Waals surface area contributed by atoms with Crippen molar-refractivity contribution < 1.29 is 0 Å². The summed E-state index contributed by atoms with van der Waals surface area (Å²) in [5.74, 6) is 2.34. The molecule has 1 aliphatic carbocycles. The highest BCUT2D eigenvalue weighted by atomic mass is 15.3. The SMILES string of the molecule is CC(NC1CCCC(C)(C)C1)c1nnc2n1CCCCC2. The summed E-state index contributed by atoms with van der Waals surface area (Å²) < 4.78 is 2.37. The Balaban J connectivity index is 1.68. The first-order valence-electron chi connectivity index (χ1n) is 8.73. The van der Waals surface area contributed by atoms with E-state index in [0.717, 1.165) is 18.8 Å². The highest BCUT2D eigenvalue weighted by Crippen LogP contribution is 2.35. The average Bonchev–Trinajstić information content (AvgIpc) is 2.67. The normalized spacial score (nSPS) is 26.9. The van der Waals surface area contributed by atoms with Gasteiger partial charge in [-0.2, -0.15) is 0 Å². The van der Waals surface area contributed by atoms with Crippen molar-refractivity contribution in [3.8, 4) is 0 Å². The van der Waals surface area contributed by atoms with Crippen molar-refractivity contribution >= 4 is 0 Å². The quantitative estimate of drug-likeness (QED) is 0.924. The Hall–Kier alpha value is -0.900. The highest BCUT2D eigenvalue weighted by molar-refractivity contribution is 5.03. The maximum atomic E-state index is 4.49. The van der Waals surface area contributed by atoms with Crippen molar-refractivity contribution in [2.24, 2.45) is 5.41 Å². The topological polar surface area (TPSA) is 42.7 Å². The lowest BCUT2D eigenvalue weighted by atomic mass is 9.75. The minimum absolute atomic E-state index is 0.309. The number of hydrogen-bond acceptors (Lipinski definition) is 3. The first-order valence-corrected chi connectivity index (χ1v) is 8.73. The van der Waals surface area contributed by atoms with E-state index in [-0.39, 0.29) is 0 Å². The van der Waals surface area contributed by atoms with Gasteiger partial charge in [0, 0.05) is 19.0 Å². The van der Waals surface area contributed by atoms with E-state index < -0.39 is 0 Å². The molecule has 0 amide bonds. The monoisotopic (exact) mass is 290 g/mol. The minimum Gasteiger partial charge on any atom is -0.314 e. The largest absolute Gasteiger partial charge is 0.314 e. The highest BCUT2D eigenvalue weighted by Gasteiger charge is 2.29. The van der Waals surface area contributed by atoms with E-state index in [9.17, 15) is 0 Å². The Bertz CT molecular complexity index is 477. The standard InChI is InChI=1S/C17H30N4/c1-13(18-14-8-7-10-17(2,3)12-14)16-20-19-15-9-5-4-6-11-21(15)16/h13-14,18H,4-12H2,1-3H3. The second-order valence-corrected chi connectivity index (χ2v) is 7.78. The van der Waals surface area contributed by atoms with Crippen LogP contribution in [0, 0.1) is 5.41 Å². The van der Waals surface area contributed by atoms with Gasteiger partial charge in [0.1, 0.15) is 11.6 Å². The van der Waals surface area contributed by atoms with Crippen LogP contribution >= 0.6 is 0 Å². The van der Waals surface area contributed by atoms with Gasteiger partial charge in [-0.05, 0) is 44.4 Å². The molecular formula is C17H30N4. The number of aromatic nitrogens is 3. The molecule has 0 bridgehead atoms. The molecule has 2 heterocycles. The van der Waals surface area contributed by atoms with Gasteiger partial charge in [-0.1, -0.05) is 26.7 Å². The van der Waals surface area contributed by atoms with Crippen LogP contribution in [-0.4, -0.2) is 20.8 Å². The molecule has 0 radical (unpaired) electrons. The molecule has 21 heavy (non-hydrogen) atoms. The first kappa shape index (κ1) is 15.0. The zero-order chi connectivity index (χ0) is 14.9. The summed E-state index contributed by atoms with van der Waals surface area (Å²) in [6, 6.07) is 0.936. The molecule has 0 aromatic carbocycles. The molecular weight excluding hydrogens is 260 g/mol. The number of rotatable bonds is 3. The lowest BCUT2D eigenvalue weighted by molar-refractivity contribution is 0.189. The maximum absolute atomic E-state index is 4.49. The van der Waals surface area contributed by atoms with E-state index in [4.69, 9.17) is 0 Å². The van der Waals surface area contributed by atoms with Gasteiger partial charge in [-0.25, -0.2) is 0 Å². The van der Waals surface area contributed by atoms with Crippen molar-refractivity contribution in [2.45, 2.75) is 90.8 Å². The number of aryl methyl sites for hydroxylation is 1. The molecule has 2 atom stereocenters. The fourth-order valence-corrected chi connectivity index (χ4v) is 4.10. The van der Waals surface area contributed by atoms with Crippen LogP contribution < -0.4 is 5.32 Å². The van der Waals surface area contributed by atoms with Crippen LogP contribution in [0.1, 0.15) is 83.4 Å². The van der Waals surface area contributed by atoms with Gasteiger partial charge < -0.3 is 9.88 Å². The van der Waals surface area contributed by atoms with E-state index in [2.05, 4.69) is 40.9 Å². The van der Waals surface area contributed by atoms with E-state index >= 15 is 0 Å².